The molecule has 110 valence electrons. The second kappa shape index (κ2) is 7.49. The molecule has 0 bridgehead atoms. The first-order valence-electron chi connectivity index (χ1n) is 6.30. The minimum atomic E-state index is -0.878. The first-order valence-corrected chi connectivity index (χ1v) is 6.30. The number of nitrogens with zero attached hydrogens (tertiary/aromatic N) is 2. The number of aliphatic carboxylic acids is 2. The van der Waals surface area contributed by atoms with Crippen molar-refractivity contribution >= 4 is 17.6 Å². The largest absolute Gasteiger partial charge is 0.481 e. The Hall–Kier alpha value is -2.08. The maximum Gasteiger partial charge on any atom is 0.323 e. The number of carboxylic acid groups (broad SMARTS) is 2. The molecule has 1 rings (SSSR count). The van der Waals surface area contributed by atoms with Gasteiger partial charge in [0.25, 0.3) is 0 Å². The quantitative estimate of drug-likeness (QED) is 0.742. The molecule has 0 aliphatic rings. The highest BCUT2D eigenvalue weighted by molar-refractivity contribution is 5.73. The number of anilines is 1. The molecule has 0 aromatic heterocycles. The lowest BCUT2D eigenvalue weighted by atomic mass is 10.1. The van der Waals surface area contributed by atoms with E-state index in [9.17, 15) is 9.59 Å². The number of carboxylic acids is 2. The molecule has 1 aromatic carbocycles. The number of hydrogen-bond acceptors (Lipinski definition) is 4. The van der Waals surface area contributed by atoms with Crippen LogP contribution in [0.2, 0.25) is 0 Å². The van der Waals surface area contributed by atoms with Crippen LogP contribution >= 0.6 is 0 Å². The number of likely N-dealkylation sites (N-methyl/N-ethyl adjacent to an activating group) is 1. The summed E-state index contributed by atoms with van der Waals surface area (Å²) in [5.74, 6) is -1.69. The van der Waals surface area contributed by atoms with Crippen molar-refractivity contribution in [1.82, 2.24) is 4.90 Å². The summed E-state index contributed by atoms with van der Waals surface area (Å²) in [6.45, 7) is 1.05. The molecule has 20 heavy (non-hydrogen) atoms. The highest BCUT2D eigenvalue weighted by Crippen LogP contribution is 2.15. The minimum Gasteiger partial charge on any atom is -0.481 e. The molecule has 0 saturated heterocycles. The standard InChI is InChI=1S/C14H20N2O4/c1-15(7-6-13(17)18)9-11-4-3-5-12(8-11)16(2)10-14(19)20/h3-5,8H,6-7,9-10H2,1-2H3,(H,17,18)(H,19,20). The van der Waals surface area contributed by atoms with Crippen molar-refractivity contribution in [1.29, 1.82) is 0 Å². The molecule has 1 aromatic rings. The molecule has 0 saturated carbocycles. The van der Waals surface area contributed by atoms with E-state index in [0.29, 0.717) is 13.1 Å². The van der Waals surface area contributed by atoms with Gasteiger partial charge in [0.1, 0.15) is 6.54 Å². The van der Waals surface area contributed by atoms with E-state index in [-0.39, 0.29) is 13.0 Å². The van der Waals surface area contributed by atoms with Crippen LogP contribution in [-0.4, -0.2) is 54.2 Å². The Bertz CT molecular complexity index is 476. The first kappa shape index (κ1) is 16.0. The average molecular weight is 280 g/mol. The van der Waals surface area contributed by atoms with Crippen LogP contribution in [0.25, 0.3) is 0 Å². The van der Waals surface area contributed by atoms with Gasteiger partial charge in [0, 0.05) is 25.8 Å². The van der Waals surface area contributed by atoms with Gasteiger partial charge in [0.15, 0.2) is 0 Å². The summed E-state index contributed by atoms with van der Waals surface area (Å²) in [7, 11) is 3.58. The van der Waals surface area contributed by atoms with Gasteiger partial charge in [-0.15, -0.1) is 0 Å². The fourth-order valence-electron chi connectivity index (χ4n) is 1.86. The third-order valence-electron chi connectivity index (χ3n) is 2.88. The van der Waals surface area contributed by atoms with Crippen molar-refractivity contribution in [3.63, 3.8) is 0 Å². The molecule has 0 atom stereocenters. The van der Waals surface area contributed by atoms with E-state index in [4.69, 9.17) is 10.2 Å². The number of carbonyl (C=O) groups is 2. The van der Waals surface area contributed by atoms with E-state index in [0.717, 1.165) is 11.3 Å². The fourth-order valence-corrected chi connectivity index (χ4v) is 1.86. The van der Waals surface area contributed by atoms with Gasteiger partial charge in [0.05, 0.1) is 6.42 Å². The SMILES string of the molecule is CN(CCC(=O)O)Cc1cccc(N(C)CC(=O)O)c1. The van der Waals surface area contributed by atoms with E-state index in [1.165, 1.54) is 0 Å². The fraction of sp³-hybridized carbons (Fsp3) is 0.429. The highest BCUT2D eigenvalue weighted by atomic mass is 16.4. The molecule has 0 unspecified atom stereocenters. The van der Waals surface area contributed by atoms with E-state index in [1.54, 1.807) is 11.9 Å². The molecule has 6 nitrogen and oxygen atoms in total. The van der Waals surface area contributed by atoms with Crippen LogP contribution in [0.1, 0.15) is 12.0 Å². The van der Waals surface area contributed by atoms with Crippen molar-refractivity contribution in [3.8, 4) is 0 Å². The first-order chi connectivity index (χ1) is 9.38. The Morgan fingerprint density at radius 1 is 1.15 bits per heavy atom. The van der Waals surface area contributed by atoms with Gasteiger partial charge >= 0.3 is 11.9 Å². The molecule has 0 aliphatic carbocycles. The summed E-state index contributed by atoms with van der Waals surface area (Å²) in [5.41, 5.74) is 1.85. The van der Waals surface area contributed by atoms with Crippen LogP contribution in [0.3, 0.4) is 0 Å². The number of hydrogen-bond donors (Lipinski definition) is 2. The van der Waals surface area contributed by atoms with Crippen molar-refractivity contribution in [2.24, 2.45) is 0 Å². The smallest absolute Gasteiger partial charge is 0.323 e. The van der Waals surface area contributed by atoms with E-state index >= 15 is 0 Å². The molecule has 0 spiro atoms. The summed E-state index contributed by atoms with van der Waals surface area (Å²) in [6.07, 6.45) is 0.106. The molecule has 0 aliphatic heterocycles. The van der Waals surface area contributed by atoms with Crippen molar-refractivity contribution in [3.05, 3.63) is 29.8 Å². The minimum absolute atomic E-state index is 0.0572. The van der Waals surface area contributed by atoms with Crippen LogP contribution in [0.5, 0.6) is 0 Å². The molecule has 0 radical (unpaired) electrons. The Morgan fingerprint density at radius 2 is 1.85 bits per heavy atom. The van der Waals surface area contributed by atoms with Crippen LogP contribution < -0.4 is 4.90 Å². The second-order valence-corrected chi connectivity index (χ2v) is 4.80. The maximum atomic E-state index is 10.7. The van der Waals surface area contributed by atoms with Gasteiger partial charge in [-0.05, 0) is 24.7 Å². The summed E-state index contributed by atoms with van der Waals surface area (Å²) < 4.78 is 0. The Balaban J connectivity index is 2.63. The number of benzene rings is 1. The lowest BCUT2D eigenvalue weighted by Crippen LogP contribution is -2.25. The van der Waals surface area contributed by atoms with E-state index in [1.807, 2.05) is 36.2 Å². The zero-order chi connectivity index (χ0) is 15.1. The Morgan fingerprint density at radius 3 is 2.45 bits per heavy atom. The van der Waals surface area contributed by atoms with Gasteiger partial charge < -0.3 is 20.0 Å². The monoisotopic (exact) mass is 280 g/mol. The van der Waals surface area contributed by atoms with Gasteiger partial charge in [0.2, 0.25) is 0 Å². The molecular weight excluding hydrogens is 260 g/mol. The molecule has 0 fully saturated rings. The van der Waals surface area contributed by atoms with Crippen molar-refractivity contribution in [2.75, 3.05) is 32.1 Å². The Kier molecular flexibility index (Phi) is 5.99. The highest BCUT2D eigenvalue weighted by Gasteiger charge is 2.08. The third kappa shape index (κ3) is 5.71. The summed E-state index contributed by atoms with van der Waals surface area (Å²) in [6, 6.07) is 7.58. The van der Waals surface area contributed by atoms with Gasteiger partial charge in [-0.2, -0.15) is 0 Å². The topological polar surface area (TPSA) is 81.1 Å². The Labute approximate surface area is 118 Å². The zero-order valence-electron chi connectivity index (χ0n) is 11.7. The van der Waals surface area contributed by atoms with Crippen LogP contribution in [0.4, 0.5) is 5.69 Å². The third-order valence-corrected chi connectivity index (χ3v) is 2.88. The van der Waals surface area contributed by atoms with E-state index in [2.05, 4.69) is 0 Å². The van der Waals surface area contributed by atoms with E-state index < -0.39 is 11.9 Å². The van der Waals surface area contributed by atoms with Crippen molar-refractivity contribution in [2.45, 2.75) is 13.0 Å². The zero-order valence-corrected chi connectivity index (χ0v) is 11.7. The maximum absolute atomic E-state index is 10.7. The molecular formula is C14H20N2O4. The summed E-state index contributed by atoms with van der Waals surface area (Å²) in [5, 5.41) is 17.4. The predicted octanol–water partition coefficient (Wildman–Crippen LogP) is 1.11. The van der Waals surface area contributed by atoms with Crippen molar-refractivity contribution < 1.29 is 19.8 Å². The lowest BCUT2D eigenvalue weighted by molar-refractivity contribution is -0.137. The normalized spacial score (nSPS) is 10.6. The molecule has 2 N–H and O–H groups in total. The van der Waals surface area contributed by atoms with Gasteiger partial charge in [-0.3, -0.25) is 9.59 Å². The summed E-state index contributed by atoms with van der Waals surface area (Å²) >= 11 is 0. The van der Waals surface area contributed by atoms with Crippen LogP contribution in [-0.2, 0) is 16.1 Å². The average Bonchev–Trinajstić information content (AvgIpc) is 2.36. The predicted molar refractivity (Wildman–Crippen MR) is 75.9 cm³/mol. The number of rotatable bonds is 8. The molecule has 6 heteroatoms. The lowest BCUT2D eigenvalue weighted by Gasteiger charge is -2.19. The molecule has 0 heterocycles. The van der Waals surface area contributed by atoms with Crippen LogP contribution in [0.15, 0.2) is 24.3 Å². The summed E-state index contributed by atoms with van der Waals surface area (Å²) in [4.78, 5) is 24.8. The van der Waals surface area contributed by atoms with Gasteiger partial charge in [-0.1, -0.05) is 12.1 Å². The molecule has 0 amide bonds. The van der Waals surface area contributed by atoms with Crippen LogP contribution in [0, 0.1) is 0 Å². The van der Waals surface area contributed by atoms with Gasteiger partial charge in [-0.25, -0.2) is 0 Å². The second-order valence-electron chi connectivity index (χ2n) is 4.80.